The molecule has 1 aliphatic carbocycles. The lowest BCUT2D eigenvalue weighted by atomic mass is 9.77. The highest BCUT2D eigenvalue weighted by Gasteiger charge is 2.32. The molecule has 1 saturated carbocycles. The number of rotatable bonds is 3. The van der Waals surface area contributed by atoms with E-state index >= 15 is 0 Å². The summed E-state index contributed by atoms with van der Waals surface area (Å²) in [5.74, 6) is 1.81. The van der Waals surface area contributed by atoms with Gasteiger partial charge in [0.1, 0.15) is 5.82 Å². The first-order chi connectivity index (χ1) is 10.3. The molecule has 108 valence electrons. The highest BCUT2D eigenvalue weighted by atomic mass is 15.1. The summed E-state index contributed by atoms with van der Waals surface area (Å²) in [6, 6.07) is 13.0. The SMILES string of the molecule is CCC1CCC(C#N)C(n2ccnc2-c2ccccc2)C1. The predicted octanol–water partition coefficient (Wildman–Crippen LogP) is 4.44. The molecule has 3 unspecified atom stereocenters. The average molecular weight is 279 g/mol. The lowest BCUT2D eigenvalue weighted by molar-refractivity contribution is 0.217. The van der Waals surface area contributed by atoms with Crippen molar-refractivity contribution < 1.29 is 0 Å². The molecule has 1 aromatic heterocycles. The maximum atomic E-state index is 9.50. The molecule has 2 aromatic rings. The van der Waals surface area contributed by atoms with Gasteiger partial charge in [-0.05, 0) is 25.2 Å². The molecule has 0 radical (unpaired) electrons. The van der Waals surface area contributed by atoms with Crippen molar-refractivity contribution in [3.63, 3.8) is 0 Å². The van der Waals surface area contributed by atoms with E-state index in [0.29, 0.717) is 0 Å². The summed E-state index contributed by atoms with van der Waals surface area (Å²) in [4.78, 5) is 4.53. The van der Waals surface area contributed by atoms with E-state index in [1.807, 2.05) is 30.6 Å². The zero-order valence-electron chi connectivity index (χ0n) is 12.4. The van der Waals surface area contributed by atoms with Crippen molar-refractivity contribution >= 4 is 0 Å². The van der Waals surface area contributed by atoms with Crippen LogP contribution in [0, 0.1) is 23.2 Å². The fourth-order valence-corrected chi connectivity index (χ4v) is 3.45. The number of aromatic nitrogens is 2. The van der Waals surface area contributed by atoms with Gasteiger partial charge in [0.05, 0.1) is 18.0 Å². The minimum absolute atomic E-state index is 0.101. The molecule has 0 saturated heterocycles. The lowest BCUT2D eigenvalue weighted by Gasteiger charge is -2.34. The summed E-state index contributed by atoms with van der Waals surface area (Å²) in [6.45, 7) is 2.25. The average Bonchev–Trinajstić information content (AvgIpc) is 3.04. The van der Waals surface area contributed by atoms with Crippen LogP contribution in [-0.2, 0) is 0 Å². The van der Waals surface area contributed by atoms with Gasteiger partial charge in [-0.25, -0.2) is 4.98 Å². The van der Waals surface area contributed by atoms with Gasteiger partial charge >= 0.3 is 0 Å². The Kier molecular flexibility index (Phi) is 4.06. The summed E-state index contributed by atoms with van der Waals surface area (Å²) in [6.07, 6.45) is 8.36. The monoisotopic (exact) mass is 279 g/mol. The van der Waals surface area contributed by atoms with Gasteiger partial charge in [-0.15, -0.1) is 0 Å². The Balaban J connectivity index is 1.96. The lowest BCUT2D eigenvalue weighted by Crippen LogP contribution is -2.27. The highest BCUT2D eigenvalue weighted by molar-refractivity contribution is 5.55. The zero-order chi connectivity index (χ0) is 14.7. The van der Waals surface area contributed by atoms with Crippen molar-refractivity contribution in [3.8, 4) is 17.5 Å². The standard InChI is InChI=1S/C18H21N3/c1-2-14-8-9-16(13-19)17(12-14)21-11-10-20-18(21)15-6-4-3-5-7-15/h3-7,10-11,14,16-17H,2,8-9,12H2,1H3. The van der Waals surface area contributed by atoms with Gasteiger partial charge in [-0.2, -0.15) is 5.26 Å². The topological polar surface area (TPSA) is 41.6 Å². The molecule has 0 N–H and O–H groups in total. The van der Waals surface area contributed by atoms with Gasteiger partial charge in [0.15, 0.2) is 0 Å². The van der Waals surface area contributed by atoms with Gasteiger partial charge in [0.2, 0.25) is 0 Å². The van der Waals surface area contributed by atoms with Crippen LogP contribution in [0.5, 0.6) is 0 Å². The molecule has 1 aromatic carbocycles. The molecule has 0 spiro atoms. The van der Waals surface area contributed by atoms with Crippen LogP contribution in [0.25, 0.3) is 11.4 Å². The smallest absolute Gasteiger partial charge is 0.140 e. The summed E-state index contributed by atoms with van der Waals surface area (Å²) >= 11 is 0. The molecule has 0 aliphatic heterocycles. The molecule has 1 aliphatic rings. The molecule has 1 fully saturated rings. The van der Waals surface area contributed by atoms with Crippen LogP contribution in [0.1, 0.15) is 38.6 Å². The Labute approximate surface area is 126 Å². The number of imidazole rings is 1. The van der Waals surface area contributed by atoms with Crippen molar-refractivity contribution in [2.45, 2.75) is 38.6 Å². The summed E-state index contributed by atoms with van der Waals surface area (Å²) < 4.78 is 2.23. The molecular formula is C18H21N3. The Bertz CT molecular complexity index is 623. The van der Waals surface area contributed by atoms with E-state index in [9.17, 15) is 5.26 Å². The van der Waals surface area contributed by atoms with Crippen LogP contribution in [-0.4, -0.2) is 9.55 Å². The van der Waals surface area contributed by atoms with Gasteiger partial charge in [-0.1, -0.05) is 43.7 Å². The molecule has 21 heavy (non-hydrogen) atoms. The van der Waals surface area contributed by atoms with Crippen molar-refractivity contribution in [1.82, 2.24) is 9.55 Å². The van der Waals surface area contributed by atoms with Crippen LogP contribution in [0.4, 0.5) is 0 Å². The Hall–Kier alpha value is -2.08. The summed E-state index contributed by atoms with van der Waals surface area (Å²) in [5.41, 5.74) is 1.12. The van der Waals surface area contributed by atoms with Gasteiger partial charge in [0, 0.05) is 18.0 Å². The molecular weight excluding hydrogens is 258 g/mol. The Morgan fingerprint density at radius 1 is 1.29 bits per heavy atom. The fourth-order valence-electron chi connectivity index (χ4n) is 3.45. The van der Waals surface area contributed by atoms with Crippen LogP contribution >= 0.6 is 0 Å². The molecule has 3 nitrogen and oxygen atoms in total. The number of benzene rings is 1. The normalized spacial score (nSPS) is 25.4. The van der Waals surface area contributed by atoms with Crippen molar-refractivity contribution in [1.29, 1.82) is 5.26 Å². The Morgan fingerprint density at radius 2 is 2.10 bits per heavy atom. The van der Waals surface area contributed by atoms with E-state index in [4.69, 9.17) is 0 Å². The Morgan fingerprint density at radius 3 is 2.81 bits per heavy atom. The van der Waals surface area contributed by atoms with Crippen LogP contribution in [0.3, 0.4) is 0 Å². The summed E-state index contributed by atoms with van der Waals surface area (Å²) in [7, 11) is 0. The third kappa shape index (κ3) is 2.71. The molecule has 0 amide bonds. The minimum Gasteiger partial charge on any atom is -0.327 e. The van der Waals surface area contributed by atoms with E-state index in [1.165, 1.54) is 12.8 Å². The zero-order valence-corrected chi connectivity index (χ0v) is 12.4. The van der Waals surface area contributed by atoms with Crippen molar-refractivity contribution in [3.05, 3.63) is 42.7 Å². The largest absolute Gasteiger partial charge is 0.327 e. The van der Waals surface area contributed by atoms with Crippen LogP contribution < -0.4 is 0 Å². The fraction of sp³-hybridized carbons (Fsp3) is 0.444. The first-order valence-electron chi connectivity index (χ1n) is 7.81. The third-order valence-electron chi connectivity index (χ3n) is 4.73. The van der Waals surface area contributed by atoms with Gasteiger partial charge in [0.25, 0.3) is 0 Å². The minimum atomic E-state index is 0.101. The van der Waals surface area contributed by atoms with E-state index < -0.39 is 0 Å². The first-order valence-corrected chi connectivity index (χ1v) is 7.81. The third-order valence-corrected chi connectivity index (χ3v) is 4.73. The molecule has 1 heterocycles. The molecule has 3 atom stereocenters. The van der Waals surface area contributed by atoms with Gasteiger partial charge in [-0.3, -0.25) is 0 Å². The van der Waals surface area contributed by atoms with Crippen molar-refractivity contribution in [2.24, 2.45) is 11.8 Å². The first kappa shape index (κ1) is 13.9. The summed E-state index contributed by atoms with van der Waals surface area (Å²) in [5, 5.41) is 9.50. The van der Waals surface area contributed by atoms with E-state index in [2.05, 4.69) is 34.7 Å². The second-order valence-electron chi connectivity index (χ2n) is 5.91. The van der Waals surface area contributed by atoms with Crippen molar-refractivity contribution in [2.75, 3.05) is 0 Å². The van der Waals surface area contributed by atoms with Crippen LogP contribution in [0.15, 0.2) is 42.7 Å². The molecule has 3 heteroatoms. The second kappa shape index (κ2) is 6.13. The quantitative estimate of drug-likeness (QED) is 0.833. The molecule has 0 bridgehead atoms. The predicted molar refractivity (Wildman–Crippen MR) is 83.4 cm³/mol. The second-order valence-corrected chi connectivity index (χ2v) is 5.91. The number of nitriles is 1. The van der Waals surface area contributed by atoms with E-state index in [-0.39, 0.29) is 12.0 Å². The van der Waals surface area contributed by atoms with Crippen LogP contribution in [0.2, 0.25) is 0 Å². The number of hydrogen-bond acceptors (Lipinski definition) is 2. The maximum Gasteiger partial charge on any atom is 0.140 e. The highest BCUT2D eigenvalue weighted by Crippen LogP contribution is 2.40. The van der Waals surface area contributed by atoms with Gasteiger partial charge < -0.3 is 4.57 Å². The molecule has 3 rings (SSSR count). The maximum absolute atomic E-state index is 9.50. The van der Waals surface area contributed by atoms with E-state index in [0.717, 1.165) is 30.1 Å². The number of nitrogens with zero attached hydrogens (tertiary/aromatic N) is 3. The number of hydrogen-bond donors (Lipinski definition) is 0. The van der Waals surface area contributed by atoms with E-state index in [1.54, 1.807) is 0 Å².